The van der Waals surface area contributed by atoms with Gasteiger partial charge in [0.15, 0.2) is 0 Å². The van der Waals surface area contributed by atoms with Gasteiger partial charge in [-0.25, -0.2) is 16.8 Å². The van der Waals surface area contributed by atoms with Gasteiger partial charge in [0.05, 0.1) is 9.79 Å². The maximum Gasteiger partial charge on any atom is 0.210 e. The SMILES string of the molecule is O=S(=O)(c1ccc(O)cc1)c1ccccc1Oc1ccccc1S(=O)(=O)c1ccc(O)cc1. The van der Waals surface area contributed by atoms with E-state index in [9.17, 15) is 27.0 Å². The lowest BCUT2D eigenvalue weighted by Gasteiger charge is -2.15. The molecule has 0 fully saturated rings. The molecule has 2 N–H and O–H groups in total. The highest BCUT2D eigenvalue weighted by molar-refractivity contribution is 7.92. The molecule has 0 aliphatic rings. The van der Waals surface area contributed by atoms with Crippen molar-refractivity contribution in [3.05, 3.63) is 97.1 Å². The molecule has 0 unspecified atom stereocenters. The zero-order chi connectivity index (χ0) is 23.6. The molecule has 33 heavy (non-hydrogen) atoms. The van der Waals surface area contributed by atoms with Gasteiger partial charge in [0, 0.05) is 0 Å². The molecule has 9 heteroatoms. The number of sulfone groups is 2. The van der Waals surface area contributed by atoms with Crippen LogP contribution in [0.25, 0.3) is 0 Å². The highest BCUT2D eigenvalue weighted by atomic mass is 32.2. The van der Waals surface area contributed by atoms with Crippen LogP contribution in [-0.4, -0.2) is 27.0 Å². The van der Waals surface area contributed by atoms with Crippen LogP contribution in [0, 0.1) is 0 Å². The average Bonchev–Trinajstić information content (AvgIpc) is 2.80. The van der Waals surface area contributed by atoms with Gasteiger partial charge in [0.1, 0.15) is 32.8 Å². The second-order valence-corrected chi connectivity index (χ2v) is 10.8. The third-order valence-corrected chi connectivity index (χ3v) is 8.41. The zero-order valence-corrected chi connectivity index (χ0v) is 18.6. The van der Waals surface area contributed by atoms with Crippen molar-refractivity contribution in [2.24, 2.45) is 0 Å². The summed E-state index contributed by atoms with van der Waals surface area (Å²) in [5.74, 6) is -0.267. The Morgan fingerprint density at radius 1 is 0.485 bits per heavy atom. The van der Waals surface area contributed by atoms with Crippen molar-refractivity contribution in [3.8, 4) is 23.0 Å². The van der Waals surface area contributed by atoms with Crippen molar-refractivity contribution < 1.29 is 31.8 Å². The van der Waals surface area contributed by atoms with Crippen molar-refractivity contribution in [3.63, 3.8) is 0 Å². The smallest absolute Gasteiger partial charge is 0.210 e. The molecule has 4 aromatic carbocycles. The number of aromatic hydroxyl groups is 2. The molecule has 0 heterocycles. The zero-order valence-electron chi connectivity index (χ0n) is 17.0. The number of ether oxygens (including phenoxy) is 1. The fraction of sp³-hybridized carbons (Fsp3) is 0. The van der Waals surface area contributed by atoms with Crippen LogP contribution < -0.4 is 4.74 Å². The Kier molecular flexibility index (Phi) is 5.84. The number of benzene rings is 4. The molecule has 0 aromatic heterocycles. The fourth-order valence-corrected chi connectivity index (χ4v) is 5.90. The molecule has 0 bridgehead atoms. The lowest BCUT2D eigenvalue weighted by molar-refractivity contribution is 0.454. The first-order valence-corrected chi connectivity index (χ1v) is 12.6. The van der Waals surface area contributed by atoms with Crippen LogP contribution in [0.4, 0.5) is 0 Å². The van der Waals surface area contributed by atoms with E-state index in [2.05, 4.69) is 0 Å². The molecule has 0 spiro atoms. The van der Waals surface area contributed by atoms with Crippen LogP contribution in [0.5, 0.6) is 23.0 Å². The first kappa shape index (κ1) is 22.4. The maximum absolute atomic E-state index is 13.2. The molecule has 4 aromatic rings. The van der Waals surface area contributed by atoms with E-state index < -0.39 is 19.7 Å². The molecule has 0 aliphatic carbocycles. The van der Waals surface area contributed by atoms with Crippen LogP contribution >= 0.6 is 0 Å². The fourth-order valence-electron chi connectivity index (χ4n) is 3.14. The van der Waals surface area contributed by atoms with Gasteiger partial charge < -0.3 is 14.9 Å². The third kappa shape index (κ3) is 4.41. The van der Waals surface area contributed by atoms with Gasteiger partial charge in [-0.15, -0.1) is 0 Å². The third-order valence-electron chi connectivity index (χ3n) is 4.79. The Morgan fingerprint density at radius 2 is 0.818 bits per heavy atom. The molecular formula is C24H18O7S2. The Bertz CT molecular complexity index is 1390. The summed E-state index contributed by atoms with van der Waals surface area (Å²) in [6.45, 7) is 0. The first-order valence-electron chi connectivity index (χ1n) is 9.64. The maximum atomic E-state index is 13.2. The number of hydrogen-bond donors (Lipinski definition) is 2. The topological polar surface area (TPSA) is 118 Å². The van der Waals surface area contributed by atoms with E-state index in [0.29, 0.717) is 0 Å². The predicted molar refractivity (Wildman–Crippen MR) is 120 cm³/mol. The summed E-state index contributed by atoms with van der Waals surface area (Å²) in [7, 11) is -8.05. The van der Waals surface area contributed by atoms with E-state index in [1.807, 2.05) is 0 Å². The minimum Gasteiger partial charge on any atom is -0.508 e. The lowest BCUT2D eigenvalue weighted by Crippen LogP contribution is -2.06. The second-order valence-electron chi connectivity index (χ2n) is 6.99. The standard InChI is InChI=1S/C24H18O7S2/c25-17-9-13-19(14-10-17)32(27,28)23-7-3-1-5-21(23)31-22-6-2-4-8-24(22)33(29,30)20-15-11-18(26)12-16-20/h1-16,25-26H. The van der Waals surface area contributed by atoms with E-state index in [0.717, 1.165) is 0 Å². The molecule has 4 rings (SSSR count). The molecule has 0 saturated heterocycles. The highest BCUT2D eigenvalue weighted by Gasteiger charge is 2.26. The molecule has 0 aliphatic heterocycles. The van der Waals surface area contributed by atoms with E-state index in [1.54, 1.807) is 12.1 Å². The van der Waals surface area contributed by atoms with Crippen LogP contribution in [0.1, 0.15) is 0 Å². The molecule has 168 valence electrons. The van der Waals surface area contributed by atoms with Gasteiger partial charge in [0.25, 0.3) is 0 Å². The Labute approximate surface area is 191 Å². The molecular weight excluding hydrogens is 464 g/mol. The lowest BCUT2D eigenvalue weighted by atomic mass is 10.3. The molecule has 0 saturated carbocycles. The van der Waals surface area contributed by atoms with Gasteiger partial charge >= 0.3 is 0 Å². The van der Waals surface area contributed by atoms with Crippen LogP contribution in [0.2, 0.25) is 0 Å². The van der Waals surface area contributed by atoms with Gasteiger partial charge in [-0.3, -0.25) is 0 Å². The van der Waals surface area contributed by atoms with Crippen molar-refractivity contribution in [1.29, 1.82) is 0 Å². The van der Waals surface area contributed by atoms with Crippen molar-refractivity contribution >= 4 is 19.7 Å². The van der Waals surface area contributed by atoms with Gasteiger partial charge in [-0.1, -0.05) is 24.3 Å². The summed E-state index contributed by atoms with van der Waals surface area (Å²) in [6, 6.07) is 21.9. The second kappa shape index (κ2) is 8.61. The summed E-state index contributed by atoms with van der Waals surface area (Å²) < 4.78 is 58.6. The van der Waals surface area contributed by atoms with Gasteiger partial charge in [-0.2, -0.15) is 0 Å². The van der Waals surface area contributed by atoms with Crippen molar-refractivity contribution in [2.45, 2.75) is 19.6 Å². The van der Waals surface area contributed by atoms with Gasteiger partial charge in [-0.05, 0) is 72.8 Å². The molecule has 0 amide bonds. The Morgan fingerprint density at radius 3 is 1.18 bits per heavy atom. The van der Waals surface area contributed by atoms with E-state index in [1.165, 1.54) is 84.9 Å². The summed E-state index contributed by atoms with van der Waals surface area (Å²) in [5, 5.41) is 18.9. The Balaban J connectivity index is 1.78. The van der Waals surface area contributed by atoms with Crippen LogP contribution in [0.3, 0.4) is 0 Å². The Hall–Kier alpha value is -3.82. The summed E-state index contributed by atoms with van der Waals surface area (Å²) in [5.41, 5.74) is 0. The number of phenolic OH excluding ortho intramolecular Hbond substituents is 2. The minimum absolute atomic E-state index is 0.0543. The first-order chi connectivity index (χ1) is 15.7. The molecule has 7 nitrogen and oxygen atoms in total. The van der Waals surface area contributed by atoms with E-state index >= 15 is 0 Å². The van der Waals surface area contributed by atoms with Gasteiger partial charge in [0.2, 0.25) is 19.7 Å². The number of hydrogen-bond acceptors (Lipinski definition) is 7. The molecule has 0 atom stereocenters. The van der Waals surface area contributed by atoms with Crippen LogP contribution in [-0.2, 0) is 19.7 Å². The average molecular weight is 483 g/mol. The van der Waals surface area contributed by atoms with Crippen molar-refractivity contribution in [2.75, 3.05) is 0 Å². The normalized spacial score (nSPS) is 11.8. The summed E-state index contributed by atoms with van der Waals surface area (Å²) >= 11 is 0. The predicted octanol–water partition coefficient (Wildman–Crippen LogP) is 4.56. The van der Waals surface area contributed by atoms with Crippen LogP contribution in [0.15, 0.2) is 117 Å². The highest BCUT2D eigenvalue weighted by Crippen LogP contribution is 2.37. The number of para-hydroxylation sites is 2. The van der Waals surface area contributed by atoms with E-state index in [-0.39, 0.29) is 42.6 Å². The largest absolute Gasteiger partial charge is 0.508 e. The minimum atomic E-state index is -4.03. The monoisotopic (exact) mass is 482 g/mol. The molecule has 0 radical (unpaired) electrons. The summed E-state index contributed by atoms with van der Waals surface area (Å²) in [6.07, 6.45) is 0. The van der Waals surface area contributed by atoms with Crippen molar-refractivity contribution in [1.82, 2.24) is 0 Å². The number of rotatable bonds is 6. The summed E-state index contributed by atoms with van der Waals surface area (Å²) in [4.78, 5) is -0.428. The van der Waals surface area contributed by atoms with E-state index in [4.69, 9.17) is 4.74 Å². The quantitative estimate of drug-likeness (QED) is 0.414. The number of phenols is 2.